The minimum atomic E-state index is -3.67. The third kappa shape index (κ3) is 2.62. The topological polar surface area (TPSA) is 62.1 Å². The van der Waals surface area contributed by atoms with Crippen LogP contribution in [0, 0.1) is 5.82 Å². The Bertz CT molecular complexity index is 874. The molecule has 112 valence electrons. The van der Waals surface area contributed by atoms with Gasteiger partial charge in [0.25, 0.3) is 10.0 Å². The minimum Gasteiger partial charge on any atom is -0.250 e. The second-order valence-electron chi connectivity index (χ2n) is 4.71. The van der Waals surface area contributed by atoms with Crippen LogP contribution in [0.5, 0.6) is 0 Å². The lowest BCUT2D eigenvalue weighted by Crippen LogP contribution is -2.21. The van der Waals surface area contributed by atoms with Crippen molar-refractivity contribution in [2.45, 2.75) is 4.90 Å². The van der Waals surface area contributed by atoms with E-state index >= 15 is 0 Å². The molecule has 1 aliphatic rings. The maximum atomic E-state index is 12.8. The number of nitrogens with zero attached hydrogens (tertiary/aromatic N) is 3. The summed E-state index contributed by atoms with van der Waals surface area (Å²) in [7, 11) is -2.06. The van der Waals surface area contributed by atoms with Crippen LogP contribution in [0.25, 0.3) is 0 Å². The van der Waals surface area contributed by atoms with Gasteiger partial charge in [-0.25, -0.2) is 9.40 Å². The molecule has 0 aliphatic carbocycles. The molecule has 1 aliphatic heterocycles. The number of fused-ring (bicyclic) bond motifs is 1. The predicted molar refractivity (Wildman–Crippen MR) is 81.9 cm³/mol. The van der Waals surface area contributed by atoms with Crippen LogP contribution in [0.3, 0.4) is 0 Å². The molecule has 22 heavy (non-hydrogen) atoms. The van der Waals surface area contributed by atoms with Crippen molar-refractivity contribution in [2.24, 2.45) is 9.50 Å². The van der Waals surface area contributed by atoms with Crippen LogP contribution >= 0.6 is 0 Å². The summed E-state index contributed by atoms with van der Waals surface area (Å²) in [6, 6.07) is 12.4. The maximum absolute atomic E-state index is 12.8. The lowest BCUT2D eigenvalue weighted by Gasteiger charge is -2.12. The zero-order chi connectivity index (χ0) is 15.7. The van der Waals surface area contributed by atoms with E-state index < -0.39 is 10.0 Å². The van der Waals surface area contributed by atoms with E-state index in [4.69, 9.17) is 0 Å². The smallest absolute Gasteiger partial charge is 0.250 e. The van der Waals surface area contributed by atoms with Crippen molar-refractivity contribution < 1.29 is 12.8 Å². The summed E-state index contributed by atoms with van der Waals surface area (Å²) in [6.07, 6.45) is 1.51. The average Bonchev–Trinajstić information content (AvgIpc) is 2.79. The first kappa shape index (κ1) is 14.4. The molecule has 0 spiro atoms. The highest BCUT2D eigenvalue weighted by Gasteiger charge is 2.30. The molecule has 0 unspecified atom stereocenters. The lowest BCUT2D eigenvalue weighted by atomic mass is 10.2. The monoisotopic (exact) mass is 317 g/mol. The normalized spacial score (nSPS) is 15.6. The Kier molecular flexibility index (Phi) is 3.50. The van der Waals surface area contributed by atoms with Crippen molar-refractivity contribution in [3.8, 4) is 0 Å². The van der Waals surface area contributed by atoms with Crippen LogP contribution in [0.4, 0.5) is 4.39 Å². The van der Waals surface area contributed by atoms with Crippen molar-refractivity contribution in [1.82, 2.24) is 5.01 Å². The van der Waals surface area contributed by atoms with Gasteiger partial charge in [-0.05, 0) is 29.8 Å². The van der Waals surface area contributed by atoms with Crippen LogP contribution in [0.15, 0.2) is 62.9 Å². The van der Waals surface area contributed by atoms with E-state index in [1.54, 1.807) is 37.4 Å². The highest BCUT2D eigenvalue weighted by atomic mass is 32.2. The van der Waals surface area contributed by atoms with E-state index in [0.29, 0.717) is 11.1 Å². The molecule has 0 fully saturated rings. The van der Waals surface area contributed by atoms with Gasteiger partial charge < -0.3 is 0 Å². The number of hydrogen-bond donors (Lipinski definition) is 0. The fourth-order valence-corrected chi connectivity index (χ4v) is 3.31. The second kappa shape index (κ2) is 5.34. The molecule has 0 bridgehead atoms. The van der Waals surface area contributed by atoms with Crippen LogP contribution in [-0.2, 0) is 10.0 Å². The van der Waals surface area contributed by atoms with Gasteiger partial charge in [-0.1, -0.05) is 24.3 Å². The van der Waals surface area contributed by atoms with Gasteiger partial charge in [-0.15, -0.1) is 4.40 Å². The van der Waals surface area contributed by atoms with Crippen LogP contribution in [0.2, 0.25) is 0 Å². The fourth-order valence-electron chi connectivity index (χ4n) is 2.08. The van der Waals surface area contributed by atoms with E-state index in [9.17, 15) is 12.8 Å². The Hall–Kier alpha value is -2.54. The van der Waals surface area contributed by atoms with Gasteiger partial charge in [0.1, 0.15) is 10.7 Å². The van der Waals surface area contributed by atoms with E-state index in [2.05, 4.69) is 9.50 Å². The molecule has 0 amide bonds. The number of halogens is 1. The molecule has 1 heterocycles. The number of benzene rings is 2. The summed E-state index contributed by atoms with van der Waals surface area (Å²) in [5, 5.41) is 5.54. The largest absolute Gasteiger partial charge is 0.285 e. The third-order valence-corrected chi connectivity index (χ3v) is 4.49. The molecule has 2 aromatic rings. The number of sulfonamides is 1. The summed E-state index contributed by atoms with van der Waals surface area (Å²) in [4.78, 5) is 0.175. The summed E-state index contributed by atoms with van der Waals surface area (Å²) in [5.74, 6) is -0.0698. The minimum absolute atomic E-state index is 0.175. The number of hydrazone groups is 1. The molecule has 0 saturated heterocycles. The zero-order valence-corrected chi connectivity index (χ0v) is 12.5. The van der Waals surface area contributed by atoms with Gasteiger partial charge in [0.2, 0.25) is 0 Å². The Morgan fingerprint density at radius 1 is 1.14 bits per heavy atom. The summed E-state index contributed by atoms with van der Waals surface area (Å²) < 4.78 is 40.5. The van der Waals surface area contributed by atoms with E-state index in [1.807, 2.05) is 0 Å². The second-order valence-corrected chi connectivity index (χ2v) is 6.28. The Morgan fingerprint density at radius 3 is 2.55 bits per heavy atom. The van der Waals surface area contributed by atoms with Crippen molar-refractivity contribution in [3.63, 3.8) is 0 Å². The van der Waals surface area contributed by atoms with Gasteiger partial charge in [-0.3, -0.25) is 0 Å². The first-order valence-electron chi connectivity index (χ1n) is 6.45. The van der Waals surface area contributed by atoms with E-state index in [1.165, 1.54) is 29.4 Å². The van der Waals surface area contributed by atoms with Gasteiger partial charge >= 0.3 is 0 Å². The van der Waals surface area contributed by atoms with Crippen molar-refractivity contribution in [1.29, 1.82) is 0 Å². The molecular formula is C15H12FN3O2S. The maximum Gasteiger partial charge on any atom is 0.285 e. The Labute approximate surface area is 127 Å². The Morgan fingerprint density at radius 2 is 1.82 bits per heavy atom. The van der Waals surface area contributed by atoms with Crippen molar-refractivity contribution >= 4 is 22.1 Å². The highest BCUT2D eigenvalue weighted by Crippen LogP contribution is 2.26. The van der Waals surface area contributed by atoms with Gasteiger partial charge in [0, 0.05) is 12.6 Å². The van der Waals surface area contributed by atoms with Crippen molar-refractivity contribution in [3.05, 3.63) is 65.5 Å². The molecule has 0 radical (unpaired) electrons. The molecule has 0 atom stereocenters. The first-order chi connectivity index (χ1) is 10.5. The quantitative estimate of drug-likeness (QED) is 0.630. The lowest BCUT2D eigenvalue weighted by molar-refractivity contribution is 0.549. The van der Waals surface area contributed by atoms with Crippen LogP contribution < -0.4 is 0 Å². The summed E-state index contributed by atoms with van der Waals surface area (Å²) in [5.41, 5.74) is 1.21. The molecule has 0 N–H and O–H groups in total. The summed E-state index contributed by atoms with van der Waals surface area (Å²) in [6.45, 7) is 0. The van der Waals surface area contributed by atoms with Gasteiger partial charge in [-0.2, -0.15) is 13.5 Å². The molecule has 3 rings (SSSR count). The number of amidine groups is 1. The molecule has 0 aromatic heterocycles. The number of hydrogen-bond acceptors (Lipinski definition) is 4. The highest BCUT2D eigenvalue weighted by molar-refractivity contribution is 7.90. The third-order valence-electron chi connectivity index (χ3n) is 3.17. The molecule has 7 heteroatoms. The van der Waals surface area contributed by atoms with E-state index in [0.717, 1.165) is 0 Å². The zero-order valence-electron chi connectivity index (χ0n) is 11.6. The fraction of sp³-hybridized carbons (Fsp3) is 0.0667. The van der Waals surface area contributed by atoms with Crippen molar-refractivity contribution in [2.75, 3.05) is 7.05 Å². The predicted octanol–water partition coefficient (Wildman–Crippen LogP) is 2.24. The molecular weight excluding hydrogens is 305 g/mol. The molecule has 2 aromatic carbocycles. The van der Waals surface area contributed by atoms with Crippen LogP contribution in [0.1, 0.15) is 11.1 Å². The SMILES string of the molecule is CN(/N=C\c1ccc(F)cc1)C1=NS(=O)(=O)c2ccccc21. The Balaban J connectivity index is 1.90. The average molecular weight is 317 g/mol. The van der Waals surface area contributed by atoms with Gasteiger partial charge in [0.05, 0.1) is 6.21 Å². The number of rotatable bonds is 2. The molecule has 0 saturated carbocycles. The standard InChI is InChI=1S/C15H12FN3O2S/c1-19(17-10-11-6-8-12(16)9-7-11)15-13-4-2-3-5-14(13)22(20,21)18-15/h2-10H,1H3/b17-10-. The molecule has 5 nitrogen and oxygen atoms in total. The van der Waals surface area contributed by atoms with Gasteiger partial charge in [0.15, 0.2) is 5.84 Å². The first-order valence-corrected chi connectivity index (χ1v) is 7.89. The van der Waals surface area contributed by atoms with E-state index in [-0.39, 0.29) is 16.5 Å². The summed E-state index contributed by atoms with van der Waals surface area (Å²) >= 11 is 0. The van der Waals surface area contributed by atoms with Crippen LogP contribution in [-0.4, -0.2) is 32.5 Å².